The normalized spacial score (nSPS) is 17.9. The molecule has 3 heterocycles. The molecule has 0 bridgehead atoms. The second kappa shape index (κ2) is 23.4. The zero-order valence-electron chi connectivity index (χ0n) is 27.7. The van der Waals surface area contributed by atoms with Gasteiger partial charge in [-0.25, -0.2) is 20.0 Å². The van der Waals surface area contributed by atoms with Crippen LogP contribution in [0.1, 0.15) is 84.3 Å². The highest BCUT2D eigenvalue weighted by Gasteiger charge is 2.31. The molecule has 0 aliphatic carbocycles. The number of ether oxygens (including phenoxy) is 1. The maximum Gasteiger partial charge on any atom is 0.255 e. The van der Waals surface area contributed by atoms with E-state index in [1.165, 1.54) is 6.33 Å². The van der Waals surface area contributed by atoms with Gasteiger partial charge in [-0.3, -0.25) is 9.36 Å². The molecule has 3 atom stereocenters. The topological polar surface area (TPSA) is 138 Å². The molecule has 2 aromatic rings. The number of nitrogens with two attached hydrogens (primary N) is 1. The van der Waals surface area contributed by atoms with E-state index >= 15 is 0 Å². The molecule has 1 aliphatic heterocycles. The molecule has 11 nitrogen and oxygen atoms in total. The summed E-state index contributed by atoms with van der Waals surface area (Å²) in [6, 6.07) is 0. The first kappa shape index (κ1) is 38.5. The van der Waals surface area contributed by atoms with Crippen LogP contribution in [0.5, 0.6) is 0 Å². The van der Waals surface area contributed by atoms with Crippen LogP contribution in [0.25, 0.3) is 11.2 Å². The maximum absolute atomic E-state index is 12.2. The minimum Gasteiger partial charge on any atom is -0.382 e. The van der Waals surface area contributed by atoms with E-state index in [1.54, 1.807) is 4.57 Å². The van der Waals surface area contributed by atoms with Crippen molar-refractivity contribution in [3.05, 3.63) is 72.4 Å². The van der Waals surface area contributed by atoms with Crippen LogP contribution in [-0.2, 0) is 18.6 Å². The largest absolute Gasteiger partial charge is 0.382 e. The van der Waals surface area contributed by atoms with E-state index in [1.807, 2.05) is 6.92 Å². The van der Waals surface area contributed by atoms with E-state index < -0.39 is 8.53 Å². The summed E-state index contributed by atoms with van der Waals surface area (Å²) in [5.74, 6) is 0.323. The molecule has 1 amide bonds. The van der Waals surface area contributed by atoms with E-state index in [-0.39, 0.29) is 29.3 Å². The number of fused-ring (bicyclic) bond motifs is 1. The van der Waals surface area contributed by atoms with Gasteiger partial charge in [-0.05, 0) is 76.3 Å². The highest BCUT2D eigenvalue weighted by atomic mass is 35.5. The summed E-state index contributed by atoms with van der Waals surface area (Å²) in [6.45, 7) is 5.97. The second-order valence-corrected chi connectivity index (χ2v) is 12.5. The predicted molar refractivity (Wildman–Crippen MR) is 192 cm³/mol. The Hall–Kier alpha value is -2.92. The van der Waals surface area contributed by atoms with Crippen molar-refractivity contribution in [3.63, 3.8) is 0 Å². The molecule has 1 aliphatic rings. The SMILES string of the molecule is CC/C=C\C/C=C\C/C=C\C/C=C\C/C=C\CCCC(=O)NCCNP(OCC)OCC1CCC(n2c(Cl)nc3c(N)ncnc32)O1. The fourth-order valence-corrected chi connectivity index (χ4v) is 6.10. The number of carbonyl (C=O) groups excluding carboxylic acids is 1. The molecular formula is C34H51ClN7O4P. The lowest BCUT2D eigenvalue weighted by Gasteiger charge is -2.20. The van der Waals surface area contributed by atoms with Gasteiger partial charge < -0.3 is 24.8 Å². The lowest BCUT2D eigenvalue weighted by molar-refractivity contribution is -0.121. The first-order chi connectivity index (χ1) is 23.0. The van der Waals surface area contributed by atoms with E-state index in [9.17, 15) is 4.79 Å². The Bertz CT molecular complexity index is 1350. The van der Waals surface area contributed by atoms with Gasteiger partial charge in [-0.15, -0.1) is 0 Å². The Balaban J connectivity index is 1.21. The standard InChI is InChI=1S/C34H51ClN7O4P/c1-3-5-6-7-8-9-10-11-12-13-14-15-16-17-18-19-20-21-29(43)37-24-25-40-47(44-4-2)45-26-28-22-23-30(46-28)42-33-31(41-34(42)35)32(36)38-27-39-33/h5-6,8-9,11-12,14-15,17-18,27-28,30,40H,3-4,7,10,13,16,19-26H2,1-2H3,(H,37,43)(H2,36,38,39)/b6-5-,9-8-,12-11-,15-14-,18-17-. The number of aromatic nitrogens is 4. The van der Waals surface area contributed by atoms with E-state index in [2.05, 4.69) is 93.0 Å². The number of imidazole rings is 1. The lowest BCUT2D eigenvalue weighted by atomic mass is 10.2. The van der Waals surface area contributed by atoms with Crippen molar-refractivity contribution in [2.24, 2.45) is 0 Å². The predicted octanol–water partition coefficient (Wildman–Crippen LogP) is 7.65. The smallest absolute Gasteiger partial charge is 0.255 e. The number of halogens is 1. The van der Waals surface area contributed by atoms with Gasteiger partial charge in [0.25, 0.3) is 8.53 Å². The molecule has 13 heteroatoms. The molecule has 0 saturated carbocycles. The number of anilines is 1. The summed E-state index contributed by atoms with van der Waals surface area (Å²) < 4.78 is 19.7. The Kier molecular flexibility index (Phi) is 19.2. The quantitative estimate of drug-likeness (QED) is 0.0465. The van der Waals surface area contributed by atoms with Gasteiger partial charge in [0.1, 0.15) is 12.6 Å². The molecule has 3 rings (SSSR count). The van der Waals surface area contributed by atoms with Crippen LogP contribution < -0.4 is 16.1 Å². The molecule has 3 unspecified atom stereocenters. The highest BCUT2D eigenvalue weighted by Crippen LogP contribution is 2.38. The molecule has 258 valence electrons. The molecule has 1 saturated heterocycles. The molecule has 0 aromatic carbocycles. The van der Waals surface area contributed by atoms with Crippen LogP contribution >= 0.6 is 20.1 Å². The molecule has 0 spiro atoms. The van der Waals surface area contributed by atoms with Crippen molar-refractivity contribution in [1.29, 1.82) is 0 Å². The van der Waals surface area contributed by atoms with Crippen molar-refractivity contribution < 1.29 is 18.6 Å². The van der Waals surface area contributed by atoms with Crippen LogP contribution in [0.4, 0.5) is 5.82 Å². The fourth-order valence-electron chi connectivity index (χ4n) is 4.74. The molecular weight excluding hydrogens is 637 g/mol. The Labute approximate surface area is 285 Å². The van der Waals surface area contributed by atoms with Crippen molar-refractivity contribution >= 4 is 43.0 Å². The summed E-state index contributed by atoms with van der Waals surface area (Å²) in [4.78, 5) is 24.8. The third kappa shape index (κ3) is 14.8. The number of rotatable bonds is 23. The fraction of sp³-hybridized carbons (Fsp3) is 0.529. The third-order valence-electron chi connectivity index (χ3n) is 7.08. The number of nitrogens with zero attached hydrogens (tertiary/aromatic N) is 4. The van der Waals surface area contributed by atoms with Crippen molar-refractivity contribution in [2.75, 3.05) is 32.0 Å². The van der Waals surface area contributed by atoms with E-state index in [0.29, 0.717) is 43.9 Å². The van der Waals surface area contributed by atoms with Gasteiger partial charge in [-0.2, -0.15) is 0 Å². The number of nitrogen functional groups attached to an aromatic ring is 1. The molecule has 4 N–H and O–H groups in total. The zero-order valence-corrected chi connectivity index (χ0v) is 29.4. The second-order valence-electron chi connectivity index (χ2n) is 10.8. The average Bonchev–Trinajstić information content (AvgIpc) is 3.67. The zero-order chi connectivity index (χ0) is 33.5. The molecule has 2 aromatic heterocycles. The van der Waals surface area contributed by atoms with Gasteiger partial charge in [-0.1, -0.05) is 67.7 Å². The molecule has 47 heavy (non-hydrogen) atoms. The average molecular weight is 688 g/mol. The van der Waals surface area contributed by atoms with Crippen LogP contribution in [-0.4, -0.2) is 57.8 Å². The van der Waals surface area contributed by atoms with Crippen LogP contribution in [0.2, 0.25) is 5.28 Å². The Morgan fingerprint density at radius 1 is 1.00 bits per heavy atom. The number of carbonyl (C=O) groups is 1. The Morgan fingerprint density at radius 2 is 1.68 bits per heavy atom. The van der Waals surface area contributed by atoms with Crippen molar-refractivity contribution in [2.45, 2.75) is 90.4 Å². The number of nitrogens with one attached hydrogen (secondary N) is 2. The van der Waals surface area contributed by atoms with Crippen molar-refractivity contribution in [3.8, 4) is 0 Å². The van der Waals surface area contributed by atoms with E-state index in [4.69, 9.17) is 31.1 Å². The van der Waals surface area contributed by atoms with Crippen LogP contribution in [0.15, 0.2) is 67.1 Å². The number of hydrogen-bond donors (Lipinski definition) is 3. The first-order valence-corrected chi connectivity index (χ1v) is 18.2. The van der Waals surface area contributed by atoms with Gasteiger partial charge in [0.15, 0.2) is 17.0 Å². The van der Waals surface area contributed by atoms with Gasteiger partial charge >= 0.3 is 0 Å². The summed E-state index contributed by atoms with van der Waals surface area (Å²) >= 11 is 6.37. The lowest BCUT2D eigenvalue weighted by Crippen LogP contribution is -2.30. The minimum absolute atomic E-state index is 0.0453. The van der Waals surface area contributed by atoms with Gasteiger partial charge in [0, 0.05) is 19.5 Å². The monoisotopic (exact) mass is 687 g/mol. The number of allylic oxidation sites excluding steroid dienone is 10. The summed E-state index contributed by atoms with van der Waals surface area (Å²) in [5, 5.41) is 6.48. The summed E-state index contributed by atoms with van der Waals surface area (Å²) in [6.07, 6.45) is 31.5. The number of unbranched alkanes of at least 4 members (excludes halogenated alkanes) is 1. The number of hydrogen-bond acceptors (Lipinski definition) is 9. The summed E-state index contributed by atoms with van der Waals surface area (Å²) in [7, 11) is -1.32. The molecule has 1 fully saturated rings. The first-order valence-electron chi connectivity index (χ1n) is 16.6. The van der Waals surface area contributed by atoms with Crippen LogP contribution in [0.3, 0.4) is 0 Å². The van der Waals surface area contributed by atoms with Gasteiger partial charge in [0.2, 0.25) is 11.2 Å². The number of amides is 1. The maximum atomic E-state index is 12.2. The highest BCUT2D eigenvalue weighted by molar-refractivity contribution is 7.44. The summed E-state index contributed by atoms with van der Waals surface area (Å²) in [5.41, 5.74) is 6.92. The van der Waals surface area contributed by atoms with Crippen molar-refractivity contribution in [1.82, 2.24) is 29.9 Å². The van der Waals surface area contributed by atoms with E-state index in [0.717, 1.165) is 57.8 Å². The third-order valence-corrected chi connectivity index (χ3v) is 8.70. The minimum atomic E-state index is -1.32. The van der Waals surface area contributed by atoms with Gasteiger partial charge in [0.05, 0.1) is 19.3 Å². The molecule has 0 radical (unpaired) electrons. The Morgan fingerprint density at radius 3 is 2.36 bits per heavy atom. The van der Waals surface area contributed by atoms with Crippen LogP contribution in [0, 0.1) is 0 Å².